The number of anilines is 1. The highest BCUT2D eigenvalue weighted by Gasteiger charge is 2.27. The molecule has 11 heteroatoms. The van der Waals surface area contributed by atoms with Gasteiger partial charge in [0.25, 0.3) is 0 Å². The van der Waals surface area contributed by atoms with Gasteiger partial charge in [0.05, 0.1) is 23.1 Å². The molecule has 1 rings (SSSR count). The predicted octanol–water partition coefficient (Wildman–Crippen LogP) is -0.940. The monoisotopic (exact) mass is 328 g/mol. The second-order valence-electron chi connectivity index (χ2n) is 3.76. The summed E-state index contributed by atoms with van der Waals surface area (Å²) in [4.78, 5) is -0.252. The van der Waals surface area contributed by atoms with E-state index in [0.29, 0.717) is 0 Å². The van der Waals surface area contributed by atoms with Gasteiger partial charge in [0.1, 0.15) is 0 Å². The minimum absolute atomic E-state index is 0.197. The van der Waals surface area contributed by atoms with E-state index >= 15 is 0 Å². The lowest BCUT2D eigenvalue weighted by Crippen LogP contribution is -2.35. The van der Waals surface area contributed by atoms with Gasteiger partial charge in [0.2, 0.25) is 30.1 Å². The molecule has 0 bridgehead atoms. The normalized spacial score (nSPS) is 13.2. The van der Waals surface area contributed by atoms with Crippen LogP contribution in [-0.2, 0) is 30.1 Å². The number of primary sulfonamides is 1. The van der Waals surface area contributed by atoms with Crippen LogP contribution in [0.4, 0.5) is 5.69 Å². The second kappa shape index (κ2) is 4.74. The lowest BCUT2D eigenvalue weighted by molar-refractivity contribution is 0.590. The van der Waals surface area contributed by atoms with Crippen LogP contribution in [0.5, 0.6) is 0 Å². The maximum atomic E-state index is 11.5. The molecule has 0 atom stereocenters. The van der Waals surface area contributed by atoms with Crippen molar-refractivity contribution in [2.75, 3.05) is 16.2 Å². The first-order valence-corrected chi connectivity index (χ1v) is 9.91. The van der Waals surface area contributed by atoms with E-state index in [9.17, 15) is 25.3 Å². The Morgan fingerprint density at radius 3 is 1.47 bits per heavy atom. The largest absolute Gasteiger partial charge is 0.245 e. The summed E-state index contributed by atoms with van der Waals surface area (Å²) in [5.74, 6) is 0. The highest BCUT2D eigenvalue weighted by molar-refractivity contribution is 8.09. The zero-order valence-corrected chi connectivity index (χ0v) is 12.5. The molecule has 2 N–H and O–H groups in total. The Balaban J connectivity index is 3.45. The van der Waals surface area contributed by atoms with Gasteiger partial charge in [0.15, 0.2) is 0 Å². The molecule has 0 saturated heterocycles. The van der Waals surface area contributed by atoms with E-state index in [0.717, 1.165) is 36.8 Å². The summed E-state index contributed by atoms with van der Waals surface area (Å²) in [6.45, 7) is 0. The summed E-state index contributed by atoms with van der Waals surface area (Å²) < 4.78 is 68.1. The Morgan fingerprint density at radius 1 is 0.842 bits per heavy atom. The molecule has 0 aliphatic heterocycles. The van der Waals surface area contributed by atoms with E-state index < -0.39 is 30.1 Å². The van der Waals surface area contributed by atoms with Crippen molar-refractivity contribution in [1.82, 2.24) is 0 Å². The van der Waals surface area contributed by atoms with Crippen LogP contribution in [0, 0.1) is 0 Å². The van der Waals surface area contributed by atoms with E-state index in [2.05, 4.69) is 0 Å². The quantitative estimate of drug-likeness (QED) is 0.758. The molecule has 0 heterocycles. The van der Waals surface area contributed by atoms with E-state index in [-0.39, 0.29) is 14.3 Å². The highest BCUT2D eigenvalue weighted by Crippen LogP contribution is 2.22. The van der Waals surface area contributed by atoms with Crippen molar-refractivity contribution in [3.8, 4) is 0 Å². The van der Waals surface area contributed by atoms with Crippen LogP contribution < -0.4 is 8.85 Å². The van der Waals surface area contributed by atoms with Crippen LogP contribution >= 0.6 is 0 Å². The molecular formula is C8H12N2O6S3. The van der Waals surface area contributed by atoms with Gasteiger partial charge >= 0.3 is 0 Å². The van der Waals surface area contributed by atoms with Gasteiger partial charge in [-0.15, -0.1) is 0 Å². The molecule has 8 nitrogen and oxygen atoms in total. The standard InChI is InChI=1S/C8H12N2O6S3/c1-17(11,12)10(18(2,13)14)7-3-5-8(6-4-7)19(9,15)16/h3-6H,1-2H3,(H2,9,15,16). The second-order valence-corrected chi connectivity index (χ2v) is 9.22. The maximum Gasteiger partial charge on any atom is 0.245 e. The fourth-order valence-electron chi connectivity index (χ4n) is 1.39. The topological polar surface area (TPSA) is 132 Å². The fraction of sp³-hybridized carbons (Fsp3) is 0.250. The molecule has 0 spiro atoms. The average molecular weight is 328 g/mol. The number of sulfonamides is 3. The van der Waals surface area contributed by atoms with Crippen molar-refractivity contribution in [2.24, 2.45) is 5.14 Å². The van der Waals surface area contributed by atoms with Crippen molar-refractivity contribution >= 4 is 35.8 Å². The Morgan fingerprint density at radius 2 is 1.21 bits per heavy atom. The van der Waals surface area contributed by atoms with E-state index in [1.54, 1.807) is 0 Å². The third kappa shape index (κ3) is 3.89. The van der Waals surface area contributed by atoms with Crippen molar-refractivity contribution in [1.29, 1.82) is 0 Å². The molecule has 0 fully saturated rings. The van der Waals surface area contributed by atoms with E-state index in [1.165, 1.54) is 0 Å². The Hall–Kier alpha value is -1.17. The summed E-state index contributed by atoms with van der Waals surface area (Å²) in [6, 6.07) is 4.13. The average Bonchev–Trinajstić information content (AvgIpc) is 2.12. The summed E-state index contributed by atoms with van der Waals surface area (Å²) in [5.41, 5.74) is -0.197. The smallest absolute Gasteiger partial charge is 0.225 e. The summed E-state index contributed by atoms with van der Waals surface area (Å²) >= 11 is 0. The minimum Gasteiger partial charge on any atom is -0.225 e. The summed E-state index contributed by atoms with van der Waals surface area (Å²) in [6.07, 6.45) is 1.45. The predicted molar refractivity (Wildman–Crippen MR) is 70.0 cm³/mol. The van der Waals surface area contributed by atoms with Crippen LogP contribution in [0.15, 0.2) is 29.2 Å². The molecule has 0 amide bonds. The molecular weight excluding hydrogens is 316 g/mol. The van der Waals surface area contributed by atoms with Crippen molar-refractivity contribution in [3.63, 3.8) is 0 Å². The number of benzene rings is 1. The summed E-state index contributed by atoms with van der Waals surface area (Å²) in [7, 11) is -12.1. The van der Waals surface area contributed by atoms with Gasteiger partial charge in [-0.05, 0) is 24.3 Å². The fourth-order valence-corrected chi connectivity index (χ4v) is 4.88. The van der Waals surface area contributed by atoms with Crippen LogP contribution in [0.1, 0.15) is 0 Å². The van der Waals surface area contributed by atoms with E-state index in [4.69, 9.17) is 5.14 Å². The third-order valence-electron chi connectivity index (χ3n) is 1.98. The number of hydrogen-bond acceptors (Lipinski definition) is 6. The number of nitrogens with zero attached hydrogens (tertiary/aromatic N) is 1. The molecule has 0 radical (unpaired) electrons. The van der Waals surface area contributed by atoms with Crippen molar-refractivity contribution < 1.29 is 25.3 Å². The molecule has 0 unspecified atom stereocenters. The van der Waals surface area contributed by atoms with Crippen molar-refractivity contribution in [2.45, 2.75) is 4.90 Å². The van der Waals surface area contributed by atoms with Gasteiger partial charge in [-0.25, -0.2) is 30.4 Å². The Kier molecular flexibility index (Phi) is 3.96. The third-order valence-corrected chi connectivity index (χ3v) is 6.16. The number of hydrogen-bond donors (Lipinski definition) is 1. The lowest BCUT2D eigenvalue weighted by Gasteiger charge is -2.19. The van der Waals surface area contributed by atoms with Crippen LogP contribution in [-0.4, -0.2) is 37.8 Å². The van der Waals surface area contributed by atoms with Gasteiger partial charge in [-0.2, -0.15) is 3.71 Å². The zero-order chi connectivity index (χ0) is 15.1. The van der Waals surface area contributed by atoms with Crippen LogP contribution in [0.25, 0.3) is 0 Å². The number of nitrogens with two attached hydrogens (primary N) is 1. The molecule has 0 aliphatic rings. The van der Waals surface area contributed by atoms with Gasteiger partial charge in [-0.1, -0.05) is 0 Å². The first-order chi connectivity index (χ1) is 8.33. The first-order valence-electron chi connectivity index (χ1n) is 4.67. The van der Waals surface area contributed by atoms with E-state index in [1.807, 2.05) is 0 Å². The minimum atomic E-state index is -4.06. The molecule has 19 heavy (non-hydrogen) atoms. The molecule has 1 aromatic carbocycles. The molecule has 0 aromatic heterocycles. The SMILES string of the molecule is CS(=O)(=O)N(c1ccc(S(N)(=O)=O)cc1)S(C)(=O)=O. The van der Waals surface area contributed by atoms with Crippen LogP contribution in [0.2, 0.25) is 0 Å². The molecule has 0 saturated carbocycles. The maximum absolute atomic E-state index is 11.5. The Labute approximate surface area is 112 Å². The van der Waals surface area contributed by atoms with Crippen LogP contribution in [0.3, 0.4) is 0 Å². The Bertz CT molecular complexity index is 745. The zero-order valence-electron chi connectivity index (χ0n) is 10.0. The number of rotatable bonds is 4. The van der Waals surface area contributed by atoms with Crippen molar-refractivity contribution in [3.05, 3.63) is 24.3 Å². The van der Waals surface area contributed by atoms with Gasteiger partial charge < -0.3 is 0 Å². The molecule has 1 aromatic rings. The van der Waals surface area contributed by atoms with Gasteiger partial charge in [-0.3, -0.25) is 0 Å². The lowest BCUT2D eigenvalue weighted by atomic mass is 10.3. The molecule has 108 valence electrons. The highest BCUT2D eigenvalue weighted by atomic mass is 32.3. The first kappa shape index (κ1) is 15.9. The molecule has 0 aliphatic carbocycles. The summed E-state index contributed by atoms with van der Waals surface area (Å²) in [5, 5.41) is 4.88. The van der Waals surface area contributed by atoms with Gasteiger partial charge in [0, 0.05) is 0 Å².